The molecule has 0 saturated carbocycles. The molecule has 0 aliphatic rings. The van der Waals surface area contributed by atoms with Crippen molar-refractivity contribution in [3.63, 3.8) is 0 Å². The van der Waals surface area contributed by atoms with Crippen molar-refractivity contribution in [3.8, 4) is 23.0 Å². The lowest BCUT2D eigenvalue weighted by molar-refractivity contribution is -0.163. The number of unbranched alkanes of at least 4 members (excludes halogenated alkanes) is 2. The molecule has 0 amide bonds. The molecule has 378 valence electrons. The van der Waals surface area contributed by atoms with E-state index in [9.17, 15) is 55.1 Å². The summed E-state index contributed by atoms with van der Waals surface area (Å²) in [5.41, 5.74) is -5.51. The minimum absolute atomic E-state index is 0.0948. The summed E-state index contributed by atoms with van der Waals surface area (Å²) in [6.45, 7) is 13.1. The van der Waals surface area contributed by atoms with Crippen LogP contribution >= 0.6 is 0 Å². The number of hydrogen-bond acceptors (Lipinski definition) is 16. The lowest BCUT2D eigenvalue weighted by Crippen LogP contribution is -2.29. The van der Waals surface area contributed by atoms with Gasteiger partial charge in [-0.3, -0.25) is 0 Å². The highest BCUT2D eigenvalue weighted by Crippen LogP contribution is 2.49. The number of esters is 6. The van der Waals surface area contributed by atoms with Crippen molar-refractivity contribution in [2.75, 3.05) is 52.9 Å². The summed E-state index contributed by atoms with van der Waals surface area (Å²) in [5.74, 6) is -8.38. The highest BCUT2D eigenvalue weighted by molar-refractivity contribution is 5.92. The van der Waals surface area contributed by atoms with Crippen molar-refractivity contribution in [2.45, 2.75) is 50.2 Å². The molecule has 22 heteroatoms. The Morgan fingerprint density at radius 1 is 0.457 bits per heavy atom. The Bertz CT molecular complexity index is 2120. The molecule has 3 aromatic rings. The summed E-state index contributed by atoms with van der Waals surface area (Å²) in [5, 5.41) is 0. The van der Waals surface area contributed by atoms with Crippen molar-refractivity contribution in [3.05, 3.63) is 134 Å². The average molecular weight is 995 g/mol. The molecule has 0 aromatic heterocycles. The van der Waals surface area contributed by atoms with Gasteiger partial charge in [0.05, 0.1) is 37.6 Å². The van der Waals surface area contributed by atoms with Crippen molar-refractivity contribution in [1.29, 1.82) is 0 Å². The molecule has 0 bridgehead atoms. The van der Waals surface area contributed by atoms with Gasteiger partial charge in [-0.15, -0.1) is 0 Å². The monoisotopic (exact) mass is 994 g/mol. The van der Waals surface area contributed by atoms with Gasteiger partial charge in [-0.1, -0.05) is 26.3 Å². The molecular weight excluding hydrogens is 947 g/mol. The first-order chi connectivity index (χ1) is 33.3. The van der Waals surface area contributed by atoms with E-state index in [2.05, 4.69) is 26.3 Å². The summed E-state index contributed by atoms with van der Waals surface area (Å²) >= 11 is 0. The van der Waals surface area contributed by atoms with E-state index in [1.165, 1.54) is 24.3 Å². The van der Waals surface area contributed by atoms with Gasteiger partial charge in [0, 0.05) is 37.5 Å². The van der Waals surface area contributed by atoms with Crippen LogP contribution < -0.4 is 18.9 Å². The lowest BCUT2D eigenvalue weighted by Gasteiger charge is -2.21. The Balaban J connectivity index is 1.55. The van der Waals surface area contributed by atoms with Crippen molar-refractivity contribution < 1.29 is 102 Å². The standard InChI is InChI=1S/C48H48F6O16/c1-5-39(55)65-29-35(67-41(57)7-3)27-61-23-9-11-25-63-33-17-13-31(14-18-33)45(59)69-37-21-22-38(44(48(52,53)54)43(37)47(49,50)51)70-46(60)32-15-19-34(20-16-32)64-26-12-10-24-62-28-36(68-42(58)8-4)30-66-40(56)6-2/h5-8,13-22,35-36H,1-4,9-12,23-30H2. The van der Waals surface area contributed by atoms with Gasteiger partial charge in [-0.05, 0) is 86.3 Å². The van der Waals surface area contributed by atoms with Gasteiger partial charge in [0.1, 0.15) is 47.3 Å². The maximum Gasteiger partial charge on any atom is 0.420 e. The van der Waals surface area contributed by atoms with Crippen molar-refractivity contribution in [2.24, 2.45) is 0 Å². The Hall–Kier alpha value is -7.46. The van der Waals surface area contributed by atoms with Gasteiger partial charge in [-0.2, -0.15) is 26.3 Å². The third-order valence-corrected chi connectivity index (χ3v) is 8.85. The number of rotatable bonds is 30. The van der Waals surface area contributed by atoms with Gasteiger partial charge >= 0.3 is 48.2 Å². The molecule has 0 N–H and O–H groups in total. The second kappa shape index (κ2) is 28.8. The first-order valence-electron chi connectivity index (χ1n) is 20.9. The summed E-state index contributed by atoms with van der Waals surface area (Å²) < 4.78 is 138. The van der Waals surface area contributed by atoms with Crippen LogP contribution in [0, 0.1) is 0 Å². The van der Waals surface area contributed by atoms with Crippen molar-refractivity contribution >= 4 is 35.8 Å². The summed E-state index contributed by atoms with van der Waals surface area (Å²) in [4.78, 5) is 71.6. The predicted molar refractivity (Wildman–Crippen MR) is 233 cm³/mol. The van der Waals surface area contributed by atoms with Gasteiger partial charge in [0.2, 0.25) is 0 Å². The van der Waals surface area contributed by atoms with Gasteiger partial charge < -0.3 is 47.4 Å². The number of carbonyl (C=O) groups excluding carboxylic acids is 6. The number of hydrogen-bond donors (Lipinski definition) is 0. The molecule has 3 rings (SSSR count). The molecule has 2 unspecified atom stereocenters. The Morgan fingerprint density at radius 3 is 1.10 bits per heavy atom. The average Bonchev–Trinajstić information content (AvgIpc) is 3.33. The van der Waals surface area contributed by atoms with Crippen LogP contribution in [0.25, 0.3) is 0 Å². The Morgan fingerprint density at radius 2 is 0.786 bits per heavy atom. The normalized spacial score (nSPS) is 12.0. The lowest BCUT2D eigenvalue weighted by atomic mass is 10.0. The van der Waals surface area contributed by atoms with E-state index in [1.807, 2.05) is 0 Å². The number of carbonyl (C=O) groups is 6. The number of benzene rings is 3. The molecule has 0 aliphatic heterocycles. The topological polar surface area (TPSA) is 195 Å². The maximum absolute atomic E-state index is 14.4. The third kappa shape index (κ3) is 20.0. The molecule has 70 heavy (non-hydrogen) atoms. The molecule has 3 aromatic carbocycles. The maximum atomic E-state index is 14.4. The van der Waals surface area contributed by atoms with Crippen LogP contribution in [0.5, 0.6) is 23.0 Å². The molecule has 0 radical (unpaired) electrons. The molecule has 0 saturated heterocycles. The number of alkyl halides is 6. The van der Waals surface area contributed by atoms with Gasteiger partial charge in [0.25, 0.3) is 0 Å². The highest BCUT2D eigenvalue weighted by atomic mass is 19.4. The SMILES string of the molecule is C=CC(=O)OCC(COCCCCOc1ccc(C(=O)Oc2ccc(OC(=O)c3ccc(OCCCCOCC(COC(=O)C=C)OC(=O)C=C)cc3)c(C(F)(F)F)c2C(F)(F)F)cc1)OC(=O)C=C. The minimum Gasteiger partial charge on any atom is -0.494 e. The van der Waals surface area contributed by atoms with Crippen LogP contribution in [0.4, 0.5) is 26.3 Å². The second-order valence-electron chi connectivity index (χ2n) is 14.1. The van der Waals surface area contributed by atoms with Crippen LogP contribution in [0.1, 0.15) is 57.5 Å². The second-order valence-corrected chi connectivity index (χ2v) is 14.1. The fraction of sp³-hybridized carbons (Fsp3) is 0.333. The molecule has 0 spiro atoms. The number of ether oxygens (including phenoxy) is 10. The Kier molecular flexibility index (Phi) is 23.4. The zero-order valence-corrected chi connectivity index (χ0v) is 37.4. The summed E-state index contributed by atoms with van der Waals surface area (Å²) in [6.07, 6.45) is -7.75. The Labute approximate surface area is 397 Å². The molecule has 0 aliphatic carbocycles. The first kappa shape index (κ1) is 56.9. The quantitative estimate of drug-likeness (QED) is 0.0155. The molecule has 16 nitrogen and oxygen atoms in total. The van der Waals surface area contributed by atoms with E-state index >= 15 is 0 Å². The largest absolute Gasteiger partial charge is 0.494 e. The van der Waals surface area contributed by atoms with Crippen LogP contribution in [-0.4, -0.2) is 101 Å². The molecule has 2 atom stereocenters. The van der Waals surface area contributed by atoms with E-state index in [1.54, 1.807) is 0 Å². The fourth-order valence-corrected chi connectivity index (χ4v) is 5.54. The summed E-state index contributed by atoms with van der Waals surface area (Å²) in [7, 11) is 0. The summed E-state index contributed by atoms with van der Waals surface area (Å²) in [6, 6.07) is 10.4. The highest BCUT2D eigenvalue weighted by Gasteiger charge is 2.49. The smallest absolute Gasteiger partial charge is 0.420 e. The van der Waals surface area contributed by atoms with E-state index in [4.69, 9.17) is 47.4 Å². The van der Waals surface area contributed by atoms with Crippen molar-refractivity contribution in [1.82, 2.24) is 0 Å². The molecule has 0 fully saturated rings. The van der Waals surface area contributed by atoms with Crippen LogP contribution in [0.15, 0.2) is 111 Å². The third-order valence-electron chi connectivity index (χ3n) is 8.85. The van der Waals surface area contributed by atoms with Gasteiger partial charge in [-0.25, -0.2) is 28.8 Å². The molecular formula is C48H48F6O16. The zero-order chi connectivity index (χ0) is 51.7. The van der Waals surface area contributed by atoms with E-state index in [0.29, 0.717) is 37.8 Å². The van der Waals surface area contributed by atoms with Crippen LogP contribution in [-0.2, 0) is 60.0 Å². The van der Waals surface area contributed by atoms with E-state index < -0.39 is 83.0 Å². The number of halogens is 6. The van der Waals surface area contributed by atoms with E-state index in [-0.39, 0.29) is 75.5 Å². The minimum atomic E-state index is -5.76. The van der Waals surface area contributed by atoms with Gasteiger partial charge in [0.15, 0.2) is 12.2 Å². The zero-order valence-electron chi connectivity index (χ0n) is 37.4. The first-order valence-corrected chi connectivity index (χ1v) is 20.9. The van der Waals surface area contributed by atoms with Crippen LogP contribution in [0.2, 0.25) is 0 Å². The van der Waals surface area contributed by atoms with Crippen LogP contribution in [0.3, 0.4) is 0 Å². The molecule has 0 heterocycles. The predicted octanol–water partition coefficient (Wildman–Crippen LogP) is 8.17. The van der Waals surface area contributed by atoms with E-state index in [0.717, 1.165) is 48.6 Å². The fourth-order valence-electron chi connectivity index (χ4n) is 5.54.